The Hall–Kier alpha value is -0.0900. The molecule has 1 aliphatic rings. The summed E-state index contributed by atoms with van der Waals surface area (Å²) in [5.74, 6) is 0. The Kier molecular flexibility index (Phi) is 2.89. The van der Waals surface area contributed by atoms with E-state index in [0.717, 1.165) is 10.0 Å². The van der Waals surface area contributed by atoms with Crippen LogP contribution in [0.1, 0.15) is 11.9 Å². The molecule has 0 saturated carbocycles. The van der Waals surface area contributed by atoms with Crippen molar-refractivity contribution in [2.24, 2.45) is 0 Å². The summed E-state index contributed by atoms with van der Waals surface area (Å²) in [5.41, 5.74) is 0.877. The highest BCUT2D eigenvalue weighted by Gasteiger charge is 2.22. The smallest absolute Gasteiger partial charge is 0.186 e. The Morgan fingerprint density at radius 1 is 1.31 bits per heavy atom. The third-order valence-electron chi connectivity index (χ3n) is 1.86. The lowest BCUT2D eigenvalue weighted by Gasteiger charge is -2.12. The van der Waals surface area contributed by atoms with Gasteiger partial charge in [0.05, 0.1) is 13.2 Å². The van der Waals surface area contributed by atoms with Crippen LogP contribution in [0.15, 0.2) is 22.7 Å². The number of ether oxygens (including phenoxy) is 2. The lowest BCUT2D eigenvalue weighted by atomic mass is 10.2. The van der Waals surface area contributed by atoms with E-state index in [4.69, 9.17) is 21.1 Å². The normalized spacial score (nSPS) is 18.0. The zero-order chi connectivity index (χ0) is 9.26. The highest BCUT2D eigenvalue weighted by atomic mass is 79.9. The number of hydrogen-bond donors (Lipinski definition) is 0. The number of benzene rings is 1. The molecule has 2 rings (SSSR count). The fourth-order valence-corrected chi connectivity index (χ4v) is 2.19. The first-order valence-corrected chi connectivity index (χ1v) is 5.13. The summed E-state index contributed by atoms with van der Waals surface area (Å²) in [7, 11) is 0. The number of hydrogen-bond acceptors (Lipinski definition) is 2. The van der Waals surface area contributed by atoms with Gasteiger partial charge in [-0.05, 0) is 12.1 Å². The fraction of sp³-hybridized carbons (Fsp3) is 0.333. The average molecular weight is 264 g/mol. The predicted molar refractivity (Wildman–Crippen MR) is 53.8 cm³/mol. The fourth-order valence-electron chi connectivity index (χ4n) is 1.26. The van der Waals surface area contributed by atoms with Crippen LogP contribution >= 0.6 is 27.5 Å². The van der Waals surface area contributed by atoms with Gasteiger partial charge in [0.2, 0.25) is 0 Å². The first-order valence-electron chi connectivity index (χ1n) is 3.96. The Morgan fingerprint density at radius 3 is 2.62 bits per heavy atom. The SMILES string of the molecule is Clc1cccc(Br)c1C1OCCO1. The largest absolute Gasteiger partial charge is 0.346 e. The molecule has 0 aliphatic carbocycles. The molecule has 1 saturated heterocycles. The van der Waals surface area contributed by atoms with Gasteiger partial charge in [0.15, 0.2) is 6.29 Å². The second kappa shape index (κ2) is 3.96. The van der Waals surface area contributed by atoms with Crippen LogP contribution in [-0.4, -0.2) is 13.2 Å². The van der Waals surface area contributed by atoms with Crippen molar-refractivity contribution in [2.75, 3.05) is 13.2 Å². The summed E-state index contributed by atoms with van der Waals surface area (Å²) in [4.78, 5) is 0. The summed E-state index contributed by atoms with van der Waals surface area (Å²) in [5, 5.41) is 0.668. The van der Waals surface area contributed by atoms with E-state index in [2.05, 4.69) is 15.9 Å². The van der Waals surface area contributed by atoms with Crippen molar-refractivity contribution in [3.63, 3.8) is 0 Å². The van der Waals surface area contributed by atoms with E-state index >= 15 is 0 Å². The minimum Gasteiger partial charge on any atom is -0.346 e. The molecule has 1 fully saturated rings. The predicted octanol–water partition coefficient (Wildman–Crippen LogP) is 3.15. The van der Waals surface area contributed by atoms with E-state index in [1.165, 1.54) is 0 Å². The number of rotatable bonds is 1. The molecule has 0 amide bonds. The van der Waals surface area contributed by atoms with Crippen LogP contribution in [0.4, 0.5) is 0 Å². The molecule has 4 heteroatoms. The molecule has 0 aromatic heterocycles. The second-order valence-electron chi connectivity index (χ2n) is 2.71. The molecule has 0 N–H and O–H groups in total. The minimum absolute atomic E-state index is 0.317. The third-order valence-corrected chi connectivity index (χ3v) is 2.88. The van der Waals surface area contributed by atoms with Crippen LogP contribution in [0.25, 0.3) is 0 Å². The van der Waals surface area contributed by atoms with Gasteiger partial charge in [-0.3, -0.25) is 0 Å². The molecule has 70 valence electrons. The van der Waals surface area contributed by atoms with Crippen LogP contribution in [0.2, 0.25) is 5.02 Å². The zero-order valence-electron chi connectivity index (χ0n) is 6.80. The average Bonchev–Trinajstić information content (AvgIpc) is 2.57. The Labute approximate surface area is 89.9 Å². The molecule has 13 heavy (non-hydrogen) atoms. The van der Waals surface area contributed by atoms with Crippen molar-refractivity contribution >= 4 is 27.5 Å². The van der Waals surface area contributed by atoms with E-state index in [1.807, 2.05) is 18.2 Å². The lowest BCUT2D eigenvalue weighted by Crippen LogP contribution is -1.99. The van der Waals surface area contributed by atoms with Crippen LogP contribution in [-0.2, 0) is 9.47 Å². The van der Waals surface area contributed by atoms with Gasteiger partial charge in [0, 0.05) is 15.1 Å². The molecule has 0 bridgehead atoms. The topological polar surface area (TPSA) is 18.5 Å². The Morgan fingerprint density at radius 2 is 2.00 bits per heavy atom. The van der Waals surface area contributed by atoms with Crippen molar-refractivity contribution in [3.8, 4) is 0 Å². The van der Waals surface area contributed by atoms with Crippen LogP contribution in [0.5, 0.6) is 0 Å². The van der Waals surface area contributed by atoms with E-state index in [0.29, 0.717) is 18.2 Å². The van der Waals surface area contributed by atoms with Gasteiger partial charge in [-0.1, -0.05) is 33.6 Å². The summed E-state index contributed by atoms with van der Waals surface area (Å²) < 4.78 is 11.7. The molecular formula is C9H8BrClO2. The van der Waals surface area contributed by atoms with Crippen molar-refractivity contribution in [2.45, 2.75) is 6.29 Å². The van der Waals surface area contributed by atoms with E-state index in [1.54, 1.807) is 0 Å². The summed E-state index contributed by atoms with van der Waals surface area (Å²) in [6.45, 7) is 1.25. The Balaban J connectivity index is 2.37. The lowest BCUT2D eigenvalue weighted by molar-refractivity contribution is -0.0445. The van der Waals surface area contributed by atoms with Crippen LogP contribution in [0.3, 0.4) is 0 Å². The Bertz CT molecular complexity index is 290. The second-order valence-corrected chi connectivity index (χ2v) is 3.97. The highest BCUT2D eigenvalue weighted by molar-refractivity contribution is 9.10. The van der Waals surface area contributed by atoms with Crippen molar-refractivity contribution in [1.29, 1.82) is 0 Å². The summed E-state index contributed by atoms with van der Waals surface area (Å²) in [6.07, 6.45) is -0.317. The molecule has 1 heterocycles. The standard InChI is InChI=1S/C9H8BrClO2/c10-6-2-1-3-7(11)8(6)9-12-4-5-13-9/h1-3,9H,4-5H2. The van der Waals surface area contributed by atoms with E-state index < -0.39 is 0 Å². The zero-order valence-corrected chi connectivity index (χ0v) is 9.14. The maximum absolute atomic E-state index is 6.02. The monoisotopic (exact) mass is 262 g/mol. The molecule has 0 spiro atoms. The minimum atomic E-state index is -0.317. The molecule has 0 radical (unpaired) electrons. The first-order chi connectivity index (χ1) is 6.29. The molecule has 0 unspecified atom stereocenters. The first kappa shape index (κ1) is 9.46. The van der Waals surface area contributed by atoms with Crippen LogP contribution < -0.4 is 0 Å². The van der Waals surface area contributed by atoms with Gasteiger partial charge in [0.1, 0.15) is 0 Å². The summed E-state index contributed by atoms with van der Waals surface area (Å²) >= 11 is 9.43. The molecular weight excluding hydrogens is 255 g/mol. The molecule has 1 aromatic rings. The molecule has 1 aromatic carbocycles. The maximum atomic E-state index is 6.02. The van der Waals surface area contributed by atoms with Gasteiger partial charge in [-0.15, -0.1) is 0 Å². The van der Waals surface area contributed by atoms with Crippen LogP contribution in [0, 0.1) is 0 Å². The molecule has 2 nitrogen and oxygen atoms in total. The van der Waals surface area contributed by atoms with E-state index in [-0.39, 0.29) is 6.29 Å². The number of halogens is 2. The van der Waals surface area contributed by atoms with Crippen molar-refractivity contribution < 1.29 is 9.47 Å². The third kappa shape index (κ3) is 1.89. The quantitative estimate of drug-likeness (QED) is 0.775. The van der Waals surface area contributed by atoms with Crippen molar-refractivity contribution in [3.05, 3.63) is 33.3 Å². The molecule has 1 aliphatic heterocycles. The van der Waals surface area contributed by atoms with E-state index in [9.17, 15) is 0 Å². The van der Waals surface area contributed by atoms with Crippen molar-refractivity contribution in [1.82, 2.24) is 0 Å². The van der Waals surface area contributed by atoms with Gasteiger partial charge in [0.25, 0.3) is 0 Å². The summed E-state index contributed by atoms with van der Waals surface area (Å²) in [6, 6.07) is 5.63. The molecule has 0 atom stereocenters. The van der Waals surface area contributed by atoms with Gasteiger partial charge < -0.3 is 9.47 Å². The van der Waals surface area contributed by atoms with Gasteiger partial charge in [-0.2, -0.15) is 0 Å². The van der Waals surface area contributed by atoms with Gasteiger partial charge >= 0.3 is 0 Å². The van der Waals surface area contributed by atoms with Gasteiger partial charge in [-0.25, -0.2) is 0 Å². The highest BCUT2D eigenvalue weighted by Crippen LogP contribution is 2.34. The maximum Gasteiger partial charge on any atom is 0.186 e.